The molecular formula is C15H11NO5. The van der Waals surface area contributed by atoms with Crippen molar-refractivity contribution in [2.24, 2.45) is 0 Å². The van der Waals surface area contributed by atoms with Crippen LogP contribution in [0.4, 0.5) is 5.69 Å². The van der Waals surface area contributed by atoms with Crippen LogP contribution >= 0.6 is 0 Å². The lowest BCUT2D eigenvalue weighted by Crippen LogP contribution is -2.02. The van der Waals surface area contributed by atoms with Gasteiger partial charge in [-0.1, -0.05) is 24.3 Å². The second kappa shape index (κ2) is 5.87. The fourth-order valence-corrected chi connectivity index (χ4v) is 1.81. The normalized spacial score (nSPS) is 11.1. The lowest BCUT2D eigenvalue weighted by molar-refractivity contribution is -0.385. The number of nitrogens with zero attached hydrogens (tertiary/aromatic N) is 1. The molecular weight excluding hydrogens is 274 g/mol. The van der Waals surface area contributed by atoms with E-state index in [1.807, 2.05) is 0 Å². The molecule has 6 heteroatoms. The van der Waals surface area contributed by atoms with Gasteiger partial charge in [0.1, 0.15) is 11.5 Å². The first-order valence-electron chi connectivity index (χ1n) is 5.97. The molecule has 0 fully saturated rings. The summed E-state index contributed by atoms with van der Waals surface area (Å²) >= 11 is 0. The molecule has 6 nitrogen and oxygen atoms in total. The monoisotopic (exact) mass is 285 g/mol. The third-order valence-electron chi connectivity index (χ3n) is 2.81. The maximum atomic E-state index is 12.0. The minimum absolute atomic E-state index is 0.0736. The van der Waals surface area contributed by atoms with Crippen LogP contribution in [0.1, 0.15) is 15.9 Å². The van der Waals surface area contributed by atoms with E-state index >= 15 is 0 Å². The highest BCUT2D eigenvalue weighted by atomic mass is 16.6. The van der Waals surface area contributed by atoms with E-state index in [2.05, 4.69) is 0 Å². The Kier molecular flexibility index (Phi) is 3.99. The number of nitro benzene ring substituents is 1. The Hall–Kier alpha value is -3.15. The van der Waals surface area contributed by atoms with Gasteiger partial charge in [-0.15, -0.1) is 0 Å². The Morgan fingerprint density at radius 1 is 1.05 bits per heavy atom. The van der Waals surface area contributed by atoms with Crippen molar-refractivity contribution in [2.75, 3.05) is 0 Å². The van der Waals surface area contributed by atoms with Crippen LogP contribution in [0.2, 0.25) is 0 Å². The summed E-state index contributed by atoms with van der Waals surface area (Å²) in [6.45, 7) is 0. The molecule has 0 bridgehead atoms. The predicted molar refractivity (Wildman–Crippen MR) is 76.1 cm³/mol. The molecule has 0 aliphatic heterocycles. The standard InChI is InChI=1S/C15H11NO5/c17-13-8-4-2-6-11(13)15(19)9-14(18)10-5-1-3-7-12(10)16(20)21/h1-9,17,19H. The summed E-state index contributed by atoms with van der Waals surface area (Å²) in [5.41, 5.74) is -0.405. The number of hydrogen-bond acceptors (Lipinski definition) is 5. The van der Waals surface area contributed by atoms with Gasteiger partial charge in [-0.05, 0) is 18.2 Å². The molecule has 0 aliphatic carbocycles. The first-order valence-corrected chi connectivity index (χ1v) is 5.97. The Morgan fingerprint density at radius 2 is 1.62 bits per heavy atom. The van der Waals surface area contributed by atoms with E-state index in [1.165, 1.54) is 36.4 Å². The Labute approximate surface area is 119 Å². The van der Waals surface area contributed by atoms with Crippen LogP contribution in [0.25, 0.3) is 5.76 Å². The number of hydrogen-bond donors (Lipinski definition) is 2. The van der Waals surface area contributed by atoms with E-state index in [0.29, 0.717) is 0 Å². The number of nitro groups is 1. The molecule has 0 unspecified atom stereocenters. The molecule has 0 atom stereocenters. The lowest BCUT2D eigenvalue weighted by Gasteiger charge is -2.03. The fraction of sp³-hybridized carbons (Fsp3) is 0. The van der Waals surface area contributed by atoms with Crippen molar-refractivity contribution in [1.82, 2.24) is 0 Å². The Bertz CT molecular complexity index is 736. The number of aliphatic hydroxyl groups is 1. The van der Waals surface area contributed by atoms with Gasteiger partial charge >= 0.3 is 0 Å². The van der Waals surface area contributed by atoms with Crippen molar-refractivity contribution in [3.63, 3.8) is 0 Å². The van der Waals surface area contributed by atoms with Crippen LogP contribution < -0.4 is 0 Å². The minimum atomic E-state index is -0.719. The highest BCUT2D eigenvalue weighted by molar-refractivity contribution is 6.10. The number of allylic oxidation sites excluding steroid dienone is 1. The zero-order chi connectivity index (χ0) is 15.4. The topological polar surface area (TPSA) is 101 Å². The van der Waals surface area contributed by atoms with E-state index in [1.54, 1.807) is 12.1 Å². The second-order valence-corrected chi connectivity index (χ2v) is 4.19. The summed E-state index contributed by atoms with van der Waals surface area (Å²) in [6.07, 6.45) is 0.845. The average Bonchev–Trinajstić information content (AvgIpc) is 2.47. The summed E-state index contributed by atoms with van der Waals surface area (Å²) in [7, 11) is 0. The number of rotatable bonds is 4. The summed E-state index contributed by atoms with van der Waals surface area (Å²) in [5, 5.41) is 30.3. The molecule has 0 aliphatic rings. The number of phenols is 1. The summed E-state index contributed by atoms with van der Waals surface area (Å²) in [6, 6.07) is 11.4. The van der Waals surface area contributed by atoms with Crippen LogP contribution in [0.5, 0.6) is 5.75 Å². The molecule has 0 saturated carbocycles. The third kappa shape index (κ3) is 3.06. The zero-order valence-corrected chi connectivity index (χ0v) is 10.8. The van der Waals surface area contributed by atoms with Gasteiger partial charge in [0.25, 0.3) is 5.69 Å². The highest BCUT2D eigenvalue weighted by Crippen LogP contribution is 2.24. The van der Waals surface area contributed by atoms with Crippen molar-refractivity contribution in [2.45, 2.75) is 0 Å². The number of para-hydroxylation sites is 2. The average molecular weight is 285 g/mol. The molecule has 0 spiro atoms. The smallest absolute Gasteiger partial charge is 0.280 e. The largest absolute Gasteiger partial charge is 0.507 e. The molecule has 2 N–H and O–H groups in total. The Morgan fingerprint density at radius 3 is 2.24 bits per heavy atom. The second-order valence-electron chi connectivity index (χ2n) is 4.19. The van der Waals surface area contributed by atoms with E-state index in [9.17, 15) is 25.1 Å². The van der Waals surface area contributed by atoms with Gasteiger partial charge in [0.05, 0.1) is 16.1 Å². The molecule has 0 aromatic heterocycles. The van der Waals surface area contributed by atoms with Crippen molar-refractivity contribution in [3.05, 3.63) is 75.8 Å². The molecule has 21 heavy (non-hydrogen) atoms. The predicted octanol–water partition coefficient (Wildman–Crippen LogP) is 3.08. The molecule has 2 rings (SSSR count). The first kappa shape index (κ1) is 14.3. The van der Waals surface area contributed by atoms with Crippen molar-refractivity contribution in [1.29, 1.82) is 0 Å². The molecule has 0 heterocycles. The summed E-state index contributed by atoms with van der Waals surface area (Å²) < 4.78 is 0. The summed E-state index contributed by atoms with van der Waals surface area (Å²) in [4.78, 5) is 22.2. The molecule has 2 aromatic rings. The fourth-order valence-electron chi connectivity index (χ4n) is 1.81. The minimum Gasteiger partial charge on any atom is -0.507 e. The number of phenolic OH excluding ortho intramolecular Hbond substituents is 1. The van der Waals surface area contributed by atoms with Gasteiger partial charge < -0.3 is 10.2 Å². The molecule has 0 saturated heterocycles. The molecule has 106 valence electrons. The Balaban J connectivity index is 2.40. The highest BCUT2D eigenvalue weighted by Gasteiger charge is 2.18. The summed E-state index contributed by atoms with van der Waals surface area (Å²) in [5.74, 6) is -1.37. The van der Waals surface area contributed by atoms with Crippen LogP contribution in [0.3, 0.4) is 0 Å². The van der Waals surface area contributed by atoms with E-state index in [0.717, 1.165) is 6.08 Å². The first-order chi connectivity index (χ1) is 10.0. The van der Waals surface area contributed by atoms with Crippen molar-refractivity contribution in [3.8, 4) is 5.75 Å². The van der Waals surface area contributed by atoms with E-state index in [-0.39, 0.29) is 22.6 Å². The van der Waals surface area contributed by atoms with Crippen LogP contribution in [-0.4, -0.2) is 20.9 Å². The number of aliphatic hydroxyl groups excluding tert-OH is 1. The van der Waals surface area contributed by atoms with Crippen molar-refractivity contribution >= 4 is 17.2 Å². The number of benzene rings is 2. The van der Waals surface area contributed by atoms with Gasteiger partial charge in [-0.25, -0.2) is 0 Å². The van der Waals surface area contributed by atoms with Crippen molar-refractivity contribution < 1.29 is 19.9 Å². The SMILES string of the molecule is O=C(C=C(O)c1ccccc1O)c1ccccc1[N+](=O)[O-]. The van der Waals surface area contributed by atoms with Crippen LogP contribution in [0.15, 0.2) is 54.6 Å². The van der Waals surface area contributed by atoms with Gasteiger partial charge in [0, 0.05) is 12.1 Å². The third-order valence-corrected chi connectivity index (χ3v) is 2.81. The number of aromatic hydroxyl groups is 1. The maximum Gasteiger partial charge on any atom is 0.280 e. The number of carbonyl (C=O) groups is 1. The van der Waals surface area contributed by atoms with Crippen LogP contribution in [0, 0.1) is 10.1 Å². The maximum absolute atomic E-state index is 12.0. The van der Waals surface area contributed by atoms with Gasteiger partial charge in [0.2, 0.25) is 0 Å². The van der Waals surface area contributed by atoms with Crippen LogP contribution in [-0.2, 0) is 0 Å². The molecule has 0 amide bonds. The van der Waals surface area contributed by atoms with E-state index < -0.39 is 16.5 Å². The lowest BCUT2D eigenvalue weighted by atomic mass is 10.1. The van der Waals surface area contributed by atoms with Gasteiger partial charge in [0.15, 0.2) is 5.78 Å². The molecule has 0 radical (unpaired) electrons. The van der Waals surface area contributed by atoms with Gasteiger partial charge in [-0.3, -0.25) is 14.9 Å². The zero-order valence-electron chi connectivity index (χ0n) is 10.8. The number of carbonyl (C=O) groups excluding carboxylic acids is 1. The number of ketones is 1. The molecule has 2 aromatic carbocycles. The van der Waals surface area contributed by atoms with E-state index in [4.69, 9.17) is 0 Å². The quantitative estimate of drug-likeness (QED) is 0.295. The van der Waals surface area contributed by atoms with Gasteiger partial charge in [-0.2, -0.15) is 0 Å².